The second kappa shape index (κ2) is 5.68. The summed E-state index contributed by atoms with van der Waals surface area (Å²) in [5.74, 6) is 0. The summed E-state index contributed by atoms with van der Waals surface area (Å²) in [6, 6.07) is 13.9. The number of para-hydroxylation sites is 1. The van der Waals surface area contributed by atoms with Crippen molar-refractivity contribution in [2.75, 3.05) is 0 Å². The van der Waals surface area contributed by atoms with Crippen LogP contribution in [0, 0.1) is 15.0 Å². The summed E-state index contributed by atoms with van der Waals surface area (Å²) in [7, 11) is 0. The minimum atomic E-state index is -0.596. The van der Waals surface area contributed by atoms with Crippen LogP contribution in [0.15, 0.2) is 53.7 Å². The van der Waals surface area contributed by atoms with Crippen molar-refractivity contribution in [1.29, 1.82) is 0 Å². The van der Waals surface area contributed by atoms with E-state index < -0.39 is 4.92 Å². The summed E-state index contributed by atoms with van der Waals surface area (Å²) in [6.07, 6.45) is 3.35. The molecule has 0 aliphatic carbocycles. The molecule has 0 aliphatic heterocycles. The fourth-order valence-electron chi connectivity index (χ4n) is 1.71. The lowest BCUT2D eigenvalue weighted by molar-refractivity contribution is -0.384. The highest BCUT2D eigenvalue weighted by molar-refractivity contribution is 5.78. The lowest BCUT2D eigenvalue weighted by Crippen LogP contribution is -1.91. The molecule has 2 aromatic rings. The van der Waals surface area contributed by atoms with Crippen LogP contribution in [0.25, 0.3) is 12.2 Å². The number of hydrogen-bond acceptors (Lipinski definition) is 4. The Morgan fingerprint density at radius 3 is 2.37 bits per heavy atom. The Bertz CT molecular complexity index is 636. The highest BCUT2D eigenvalue weighted by Crippen LogP contribution is 2.31. The predicted molar refractivity (Wildman–Crippen MR) is 73.9 cm³/mol. The summed E-state index contributed by atoms with van der Waals surface area (Å²) in [5, 5.41) is 13.7. The van der Waals surface area contributed by atoms with Gasteiger partial charge in [-0.05, 0) is 28.9 Å². The number of benzene rings is 2. The van der Waals surface area contributed by atoms with E-state index in [9.17, 15) is 15.0 Å². The SMILES string of the molecule is O=Nc1cccc(C=Cc2ccccc2)c1[N+](=O)[O-]. The normalized spacial score (nSPS) is 10.5. The second-order valence-electron chi connectivity index (χ2n) is 3.81. The molecule has 0 aliphatic rings. The maximum absolute atomic E-state index is 11.0. The first-order valence-corrected chi connectivity index (χ1v) is 5.56. The Hall–Kier alpha value is -2.82. The Kier molecular flexibility index (Phi) is 3.78. The Morgan fingerprint density at radius 2 is 1.74 bits per heavy atom. The quantitative estimate of drug-likeness (QED) is 0.356. The second-order valence-corrected chi connectivity index (χ2v) is 3.81. The van der Waals surface area contributed by atoms with Gasteiger partial charge in [0.25, 0.3) is 0 Å². The maximum Gasteiger partial charge on any atom is 0.305 e. The molecule has 0 unspecified atom stereocenters. The molecule has 94 valence electrons. The third kappa shape index (κ3) is 2.90. The zero-order chi connectivity index (χ0) is 13.7. The van der Waals surface area contributed by atoms with Gasteiger partial charge in [-0.2, -0.15) is 0 Å². The Labute approximate surface area is 109 Å². The first-order valence-electron chi connectivity index (χ1n) is 5.56. The summed E-state index contributed by atoms with van der Waals surface area (Å²) >= 11 is 0. The molecule has 0 spiro atoms. The molecule has 5 nitrogen and oxygen atoms in total. The minimum absolute atomic E-state index is 0.166. The van der Waals surface area contributed by atoms with Gasteiger partial charge in [-0.25, -0.2) is 0 Å². The number of nitroso groups, excluding NO2 is 1. The summed E-state index contributed by atoms with van der Waals surface area (Å²) < 4.78 is 0. The molecule has 2 rings (SSSR count). The van der Waals surface area contributed by atoms with Gasteiger partial charge in [0.1, 0.15) is 0 Å². The number of rotatable bonds is 4. The van der Waals surface area contributed by atoms with Gasteiger partial charge in [0.2, 0.25) is 0 Å². The van der Waals surface area contributed by atoms with Gasteiger partial charge in [0.15, 0.2) is 5.69 Å². The van der Waals surface area contributed by atoms with Crippen LogP contribution >= 0.6 is 0 Å². The number of nitrogens with zero attached hydrogens (tertiary/aromatic N) is 2. The topological polar surface area (TPSA) is 72.6 Å². The van der Waals surface area contributed by atoms with Crippen LogP contribution in [0.5, 0.6) is 0 Å². The van der Waals surface area contributed by atoms with E-state index >= 15 is 0 Å². The zero-order valence-electron chi connectivity index (χ0n) is 9.89. The maximum atomic E-state index is 11.0. The van der Waals surface area contributed by atoms with Crippen molar-refractivity contribution in [3.8, 4) is 0 Å². The standard InChI is InChI=1S/C14H10N2O3/c17-15-13-8-4-7-12(14(13)16(18)19)10-9-11-5-2-1-3-6-11/h1-10H. The van der Waals surface area contributed by atoms with Crippen LogP contribution in [-0.4, -0.2) is 4.92 Å². The van der Waals surface area contributed by atoms with Crippen molar-refractivity contribution < 1.29 is 4.92 Å². The van der Waals surface area contributed by atoms with Crippen molar-refractivity contribution in [3.63, 3.8) is 0 Å². The number of nitro groups is 1. The Balaban J connectivity index is 2.43. The van der Waals surface area contributed by atoms with Gasteiger partial charge in [-0.1, -0.05) is 42.5 Å². The molecule has 5 heteroatoms. The van der Waals surface area contributed by atoms with Crippen LogP contribution in [-0.2, 0) is 0 Å². The van der Waals surface area contributed by atoms with E-state index in [4.69, 9.17) is 0 Å². The molecule has 0 radical (unpaired) electrons. The summed E-state index contributed by atoms with van der Waals surface area (Å²) in [6.45, 7) is 0. The molecule has 0 heterocycles. The van der Waals surface area contributed by atoms with Crippen molar-refractivity contribution in [2.24, 2.45) is 5.18 Å². The van der Waals surface area contributed by atoms with Crippen LogP contribution in [0.4, 0.5) is 11.4 Å². The van der Waals surface area contributed by atoms with Gasteiger partial charge >= 0.3 is 5.69 Å². The van der Waals surface area contributed by atoms with Gasteiger partial charge < -0.3 is 0 Å². The minimum Gasteiger partial charge on any atom is -0.258 e. The fourth-order valence-corrected chi connectivity index (χ4v) is 1.71. The largest absolute Gasteiger partial charge is 0.305 e. The third-order valence-electron chi connectivity index (χ3n) is 2.58. The summed E-state index contributed by atoms with van der Waals surface area (Å²) in [5.41, 5.74) is 0.831. The van der Waals surface area contributed by atoms with Crippen LogP contribution in [0.1, 0.15) is 11.1 Å². The van der Waals surface area contributed by atoms with Gasteiger partial charge in [-0.3, -0.25) is 10.1 Å². The van der Waals surface area contributed by atoms with E-state index in [0.717, 1.165) is 5.56 Å². The van der Waals surface area contributed by atoms with E-state index in [-0.39, 0.29) is 11.4 Å². The van der Waals surface area contributed by atoms with Crippen molar-refractivity contribution in [2.45, 2.75) is 0 Å². The van der Waals surface area contributed by atoms with E-state index in [1.807, 2.05) is 30.3 Å². The van der Waals surface area contributed by atoms with E-state index in [1.54, 1.807) is 24.3 Å². The van der Waals surface area contributed by atoms with Gasteiger partial charge in [0, 0.05) is 0 Å². The van der Waals surface area contributed by atoms with Crippen LogP contribution < -0.4 is 0 Å². The van der Waals surface area contributed by atoms with Crippen molar-refractivity contribution in [1.82, 2.24) is 0 Å². The third-order valence-corrected chi connectivity index (χ3v) is 2.58. The predicted octanol–water partition coefficient (Wildman–Crippen LogP) is 4.16. The monoisotopic (exact) mass is 254 g/mol. The molecule has 0 fully saturated rings. The van der Waals surface area contributed by atoms with E-state index in [2.05, 4.69) is 5.18 Å². The van der Waals surface area contributed by atoms with Gasteiger partial charge in [0.05, 0.1) is 10.5 Å². The molecule has 0 amide bonds. The fraction of sp³-hybridized carbons (Fsp3) is 0. The molecule has 0 bridgehead atoms. The molecular formula is C14H10N2O3. The molecule has 0 saturated carbocycles. The molecule has 2 aromatic carbocycles. The average Bonchev–Trinajstić information content (AvgIpc) is 2.45. The molecular weight excluding hydrogens is 244 g/mol. The summed E-state index contributed by atoms with van der Waals surface area (Å²) in [4.78, 5) is 21.0. The van der Waals surface area contributed by atoms with Crippen molar-refractivity contribution in [3.05, 3.63) is 74.7 Å². The van der Waals surface area contributed by atoms with Crippen LogP contribution in [0.3, 0.4) is 0 Å². The Morgan fingerprint density at radius 1 is 1.00 bits per heavy atom. The van der Waals surface area contributed by atoms with E-state index in [1.165, 1.54) is 6.07 Å². The molecule has 0 saturated heterocycles. The number of nitro benzene ring substituents is 1. The van der Waals surface area contributed by atoms with E-state index in [0.29, 0.717) is 5.56 Å². The van der Waals surface area contributed by atoms with Crippen LogP contribution in [0.2, 0.25) is 0 Å². The number of hydrogen-bond donors (Lipinski definition) is 0. The molecule has 19 heavy (non-hydrogen) atoms. The molecule has 0 aromatic heterocycles. The molecule has 0 N–H and O–H groups in total. The first-order chi connectivity index (χ1) is 9.22. The zero-order valence-corrected chi connectivity index (χ0v) is 9.89. The van der Waals surface area contributed by atoms with Gasteiger partial charge in [-0.15, -0.1) is 4.91 Å². The average molecular weight is 254 g/mol. The highest BCUT2D eigenvalue weighted by Gasteiger charge is 2.18. The molecule has 0 atom stereocenters. The lowest BCUT2D eigenvalue weighted by atomic mass is 10.1. The highest BCUT2D eigenvalue weighted by atomic mass is 16.6. The lowest BCUT2D eigenvalue weighted by Gasteiger charge is -1.99. The van der Waals surface area contributed by atoms with Crippen molar-refractivity contribution >= 4 is 23.5 Å². The smallest absolute Gasteiger partial charge is 0.258 e. The first kappa shape index (κ1) is 12.6.